The second-order valence-electron chi connectivity index (χ2n) is 3.35. The Morgan fingerprint density at radius 2 is 2.00 bits per heavy atom. The highest BCUT2D eigenvalue weighted by atomic mass is 16.1. The molecular weight excluding hydrogens is 148 g/mol. The van der Waals surface area contributed by atoms with Gasteiger partial charge in [-0.1, -0.05) is 33.3 Å². The topological polar surface area (TPSA) is 17.1 Å². The van der Waals surface area contributed by atoms with Gasteiger partial charge in [0.25, 0.3) is 0 Å². The van der Waals surface area contributed by atoms with Gasteiger partial charge < -0.3 is 0 Å². The summed E-state index contributed by atoms with van der Waals surface area (Å²) in [7, 11) is 0. The Kier molecular flexibility index (Phi) is 5.69. The van der Waals surface area contributed by atoms with Crippen molar-refractivity contribution in [1.29, 1.82) is 0 Å². The third-order valence-corrected chi connectivity index (χ3v) is 2.07. The summed E-state index contributed by atoms with van der Waals surface area (Å²) >= 11 is 0. The molecule has 0 rings (SSSR count). The minimum Gasteiger partial charge on any atom is -0.294 e. The lowest BCUT2D eigenvalue weighted by Crippen LogP contribution is -2.11. The van der Waals surface area contributed by atoms with Crippen molar-refractivity contribution in [2.75, 3.05) is 0 Å². The van der Waals surface area contributed by atoms with Crippen molar-refractivity contribution in [3.8, 4) is 0 Å². The lowest BCUT2D eigenvalue weighted by Gasteiger charge is -2.08. The summed E-state index contributed by atoms with van der Waals surface area (Å²) in [6, 6.07) is 0. The van der Waals surface area contributed by atoms with Crippen LogP contribution in [0.25, 0.3) is 0 Å². The molecule has 0 aliphatic heterocycles. The second kappa shape index (κ2) is 5.99. The second-order valence-corrected chi connectivity index (χ2v) is 3.35. The van der Waals surface area contributed by atoms with Crippen LogP contribution in [0, 0.1) is 5.92 Å². The van der Waals surface area contributed by atoms with Crippen LogP contribution in [0.5, 0.6) is 0 Å². The first-order chi connectivity index (χ1) is 5.63. The SMILES string of the molecule is CC/C=C(\C)C(=O)C(C)CCC. The highest BCUT2D eigenvalue weighted by Crippen LogP contribution is 2.12. The number of Topliss-reactive ketones (excluding diaryl/α,β-unsaturated/α-hetero) is 1. The summed E-state index contributed by atoms with van der Waals surface area (Å²) in [6.07, 6.45) is 5.06. The normalized spacial score (nSPS) is 14.5. The quantitative estimate of drug-likeness (QED) is 0.575. The fourth-order valence-corrected chi connectivity index (χ4v) is 1.36. The molecule has 0 bridgehead atoms. The molecule has 1 heteroatoms. The van der Waals surface area contributed by atoms with Gasteiger partial charge in [0.2, 0.25) is 0 Å². The number of rotatable bonds is 5. The van der Waals surface area contributed by atoms with Gasteiger partial charge in [0.05, 0.1) is 0 Å². The molecule has 1 unspecified atom stereocenters. The van der Waals surface area contributed by atoms with Crippen molar-refractivity contribution in [3.63, 3.8) is 0 Å². The van der Waals surface area contributed by atoms with Gasteiger partial charge in [-0.05, 0) is 25.3 Å². The maximum Gasteiger partial charge on any atom is 0.161 e. The van der Waals surface area contributed by atoms with Crippen LogP contribution < -0.4 is 0 Å². The number of carbonyl (C=O) groups excluding carboxylic acids is 1. The summed E-state index contributed by atoms with van der Waals surface area (Å²) in [5, 5.41) is 0. The minimum atomic E-state index is 0.206. The molecule has 0 saturated carbocycles. The van der Waals surface area contributed by atoms with Crippen molar-refractivity contribution in [2.45, 2.75) is 47.0 Å². The van der Waals surface area contributed by atoms with E-state index in [-0.39, 0.29) is 5.92 Å². The Labute approximate surface area is 75.9 Å². The molecule has 0 spiro atoms. The van der Waals surface area contributed by atoms with E-state index < -0.39 is 0 Å². The van der Waals surface area contributed by atoms with Crippen LogP contribution >= 0.6 is 0 Å². The van der Waals surface area contributed by atoms with Gasteiger partial charge in [-0.15, -0.1) is 0 Å². The molecule has 0 heterocycles. The zero-order valence-corrected chi connectivity index (χ0v) is 8.68. The fraction of sp³-hybridized carbons (Fsp3) is 0.727. The van der Waals surface area contributed by atoms with Gasteiger partial charge in [0.1, 0.15) is 0 Å². The zero-order chi connectivity index (χ0) is 9.56. The summed E-state index contributed by atoms with van der Waals surface area (Å²) < 4.78 is 0. The van der Waals surface area contributed by atoms with Gasteiger partial charge in [-0.25, -0.2) is 0 Å². The summed E-state index contributed by atoms with van der Waals surface area (Å²) in [4.78, 5) is 11.6. The predicted molar refractivity (Wildman–Crippen MR) is 53.1 cm³/mol. The number of hydrogen-bond acceptors (Lipinski definition) is 1. The zero-order valence-electron chi connectivity index (χ0n) is 8.68. The fourth-order valence-electron chi connectivity index (χ4n) is 1.36. The van der Waals surface area contributed by atoms with Crippen LogP contribution in [0.15, 0.2) is 11.6 Å². The first kappa shape index (κ1) is 11.4. The minimum absolute atomic E-state index is 0.206. The average molecular weight is 168 g/mol. The third kappa shape index (κ3) is 3.70. The van der Waals surface area contributed by atoms with Crippen LogP contribution in [0.3, 0.4) is 0 Å². The largest absolute Gasteiger partial charge is 0.294 e. The molecule has 12 heavy (non-hydrogen) atoms. The van der Waals surface area contributed by atoms with Crippen LogP contribution in [0.2, 0.25) is 0 Å². The number of carbonyl (C=O) groups is 1. The number of ketones is 1. The standard InChI is InChI=1S/C11H20O/c1-5-7-9(3)11(12)10(4)8-6-2/h7,10H,5-6,8H2,1-4H3/b9-7+. The summed E-state index contributed by atoms with van der Waals surface area (Å²) in [6.45, 7) is 8.10. The molecule has 1 nitrogen and oxygen atoms in total. The van der Waals surface area contributed by atoms with Crippen molar-refractivity contribution in [1.82, 2.24) is 0 Å². The van der Waals surface area contributed by atoms with Crippen LogP contribution in [-0.4, -0.2) is 5.78 Å². The molecule has 0 aliphatic rings. The van der Waals surface area contributed by atoms with Crippen molar-refractivity contribution in [2.24, 2.45) is 5.92 Å². The number of hydrogen-bond donors (Lipinski definition) is 0. The van der Waals surface area contributed by atoms with E-state index in [0.717, 1.165) is 24.8 Å². The van der Waals surface area contributed by atoms with E-state index >= 15 is 0 Å². The van der Waals surface area contributed by atoms with Gasteiger partial charge in [0, 0.05) is 5.92 Å². The molecule has 0 radical (unpaired) electrons. The maximum atomic E-state index is 11.6. The molecule has 70 valence electrons. The first-order valence-corrected chi connectivity index (χ1v) is 4.84. The van der Waals surface area contributed by atoms with E-state index in [2.05, 4.69) is 13.8 Å². The molecular formula is C11H20O. The van der Waals surface area contributed by atoms with E-state index in [1.165, 1.54) is 0 Å². The Morgan fingerprint density at radius 1 is 1.42 bits per heavy atom. The summed E-state index contributed by atoms with van der Waals surface area (Å²) in [5.74, 6) is 0.525. The van der Waals surface area contributed by atoms with Gasteiger partial charge in [-0.3, -0.25) is 4.79 Å². The van der Waals surface area contributed by atoms with Gasteiger partial charge in [0.15, 0.2) is 5.78 Å². The van der Waals surface area contributed by atoms with Crippen LogP contribution in [-0.2, 0) is 4.79 Å². The predicted octanol–water partition coefficient (Wildman–Crippen LogP) is 3.35. The van der Waals surface area contributed by atoms with E-state index in [1.807, 2.05) is 19.9 Å². The lowest BCUT2D eigenvalue weighted by atomic mass is 9.96. The smallest absolute Gasteiger partial charge is 0.161 e. The van der Waals surface area contributed by atoms with Crippen LogP contribution in [0.1, 0.15) is 47.0 Å². The maximum absolute atomic E-state index is 11.6. The van der Waals surface area contributed by atoms with E-state index in [1.54, 1.807) is 0 Å². The Balaban J connectivity index is 4.09. The Hall–Kier alpha value is -0.590. The molecule has 0 N–H and O–H groups in total. The molecule has 0 amide bonds. The lowest BCUT2D eigenvalue weighted by molar-refractivity contribution is -0.118. The molecule has 0 aliphatic carbocycles. The Bertz CT molecular complexity index is 168. The molecule has 1 atom stereocenters. The third-order valence-electron chi connectivity index (χ3n) is 2.07. The van der Waals surface area contributed by atoms with E-state index in [9.17, 15) is 4.79 Å². The highest BCUT2D eigenvalue weighted by molar-refractivity contribution is 5.96. The molecule has 0 aromatic heterocycles. The van der Waals surface area contributed by atoms with Crippen molar-refractivity contribution >= 4 is 5.78 Å². The average Bonchev–Trinajstić information content (AvgIpc) is 2.04. The summed E-state index contributed by atoms with van der Waals surface area (Å²) in [5.41, 5.74) is 0.929. The monoisotopic (exact) mass is 168 g/mol. The van der Waals surface area contributed by atoms with Gasteiger partial charge >= 0.3 is 0 Å². The molecule has 0 aromatic rings. The van der Waals surface area contributed by atoms with Crippen LogP contribution in [0.4, 0.5) is 0 Å². The van der Waals surface area contributed by atoms with E-state index in [4.69, 9.17) is 0 Å². The molecule has 0 aromatic carbocycles. The Morgan fingerprint density at radius 3 is 2.42 bits per heavy atom. The van der Waals surface area contributed by atoms with Crippen molar-refractivity contribution < 1.29 is 4.79 Å². The highest BCUT2D eigenvalue weighted by Gasteiger charge is 2.12. The number of allylic oxidation sites excluding steroid dienone is 2. The molecule has 0 saturated heterocycles. The first-order valence-electron chi connectivity index (χ1n) is 4.84. The molecule has 0 fully saturated rings. The van der Waals surface area contributed by atoms with E-state index in [0.29, 0.717) is 5.78 Å². The van der Waals surface area contributed by atoms with Crippen molar-refractivity contribution in [3.05, 3.63) is 11.6 Å². The van der Waals surface area contributed by atoms with Gasteiger partial charge in [-0.2, -0.15) is 0 Å².